The number of aromatic nitrogens is 1. The van der Waals surface area contributed by atoms with E-state index < -0.39 is 0 Å². The predicted octanol–water partition coefficient (Wildman–Crippen LogP) is 0.376. The van der Waals surface area contributed by atoms with Crippen LogP contribution < -0.4 is 4.75 Å². The van der Waals surface area contributed by atoms with Crippen LogP contribution in [-0.2, 0) is 0 Å². The van der Waals surface area contributed by atoms with Crippen molar-refractivity contribution in [1.82, 2.24) is 4.98 Å². The first-order valence-electron chi connectivity index (χ1n) is 1.61. The van der Waals surface area contributed by atoms with Gasteiger partial charge in [-0.3, -0.25) is 0 Å². The maximum atomic E-state index is 3.95. The number of nitrogens with zero attached hydrogens (tertiary/aromatic N) is 1. The summed E-state index contributed by atoms with van der Waals surface area (Å²) in [5.41, 5.74) is 0. The average Bonchev–Trinajstić information content (AvgIpc) is 1.86. The highest BCUT2D eigenvalue weighted by atomic mass is 32.1. The topological polar surface area (TPSA) is 12.9 Å². The van der Waals surface area contributed by atoms with Crippen LogP contribution in [-0.4, -0.2) is 4.98 Å². The van der Waals surface area contributed by atoms with E-state index in [1.54, 1.807) is 11.3 Å². The zero-order chi connectivity index (χ0) is 4.41. The Morgan fingerprint density at radius 3 is 2.83 bits per heavy atom. The summed E-state index contributed by atoms with van der Waals surface area (Å²) in [6.45, 7) is 0. The van der Waals surface area contributed by atoms with Crippen molar-refractivity contribution in [1.29, 1.82) is 0 Å². The van der Waals surface area contributed by atoms with Crippen LogP contribution in [0.3, 0.4) is 0 Å². The van der Waals surface area contributed by atoms with Gasteiger partial charge in [-0.05, 0) is 0 Å². The second-order valence-electron chi connectivity index (χ2n) is 0.926. The molecule has 0 saturated carbocycles. The Bertz CT molecular complexity index is 114. The maximum absolute atomic E-state index is 3.95. The van der Waals surface area contributed by atoms with Gasteiger partial charge in [-0.1, -0.05) is 11.3 Å². The maximum Gasteiger partial charge on any atom is 0.229 e. The van der Waals surface area contributed by atoms with Crippen molar-refractivity contribution in [3.63, 3.8) is 0 Å². The van der Waals surface area contributed by atoms with Crippen molar-refractivity contribution in [3.05, 3.63) is 11.6 Å². The molecule has 0 fully saturated rings. The third kappa shape index (κ3) is 0.763. The SMILES string of the molecule is [PH3+]c1nccs1. The van der Waals surface area contributed by atoms with Gasteiger partial charge in [0.05, 0.1) is 0 Å². The Morgan fingerprint density at radius 1 is 1.83 bits per heavy atom. The molecule has 0 aliphatic rings. The third-order valence-corrected chi connectivity index (χ3v) is 1.80. The van der Waals surface area contributed by atoms with Gasteiger partial charge in [-0.15, -0.1) is 0 Å². The Kier molecular flexibility index (Phi) is 1.18. The Balaban J connectivity index is 3.05. The van der Waals surface area contributed by atoms with Gasteiger partial charge in [0.25, 0.3) is 0 Å². The molecule has 1 heterocycles. The molecule has 3 heteroatoms. The van der Waals surface area contributed by atoms with Crippen molar-refractivity contribution in [2.75, 3.05) is 0 Å². The molecule has 1 aromatic rings. The van der Waals surface area contributed by atoms with Gasteiger partial charge in [0.2, 0.25) is 4.75 Å². The number of hydrogen-bond acceptors (Lipinski definition) is 2. The molecule has 1 aromatic heterocycles. The molecule has 1 rings (SSSR count). The lowest BCUT2D eigenvalue weighted by Gasteiger charge is -1.57. The van der Waals surface area contributed by atoms with Crippen molar-refractivity contribution >= 4 is 25.3 Å². The largest absolute Gasteiger partial charge is 0.229 e. The van der Waals surface area contributed by atoms with Crippen LogP contribution >= 0.6 is 20.6 Å². The summed E-state index contributed by atoms with van der Waals surface area (Å²) in [6, 6.07) is 0. The van der Waals surface area contributed by atoms with Crippen molar-refractivity contribution < 1.29 is 0 Å². The minimum atomic E-state index is 1.16. The lowest BCUT2D eigenvalue weighted by molar-refractivity contribution is 1.48. The molecule has 0 aliphatic carbocycles. The fourth-order valence-corrected chi connectivity index (χ4v) is 1.05. The highest BCUT2D eigenvalue weighted by Crippen LogP contribution is 1.91. The smallest absolute Gasteiger partial charge is 0.212 e. The monoisotopic (exact) mass is 118 g/mol. The van der Waals surface area contributed by atoms with Crippen molar-refractivity contribution in [3.8, 4) is 0 Å². The molecule has 1 unspecified atom stereocenters. The van der Waals surface area contributed by atoms with E-state index in [2.05, 4.69) is 4.98 Å². The van der Waals surface area contributed by atoms with Crippen molar-refractivity contribution in [2.45, 2.75) is 0 Å². The van der Waals surface area contributed by atoms with Gasteiger partial charge in [-0.25, -0.2) is 4.98 Å². The molecular weight excluding hydrogens is 113 g/mol. The summed E-state index contributed by atoms with van der Waals surface area (Å²) in [4.78, 5) is 3.95. The molecular formula is C3H5NPS+. The minimum Gasteiger partial charge on any atom is -0.212 e. The third-order valence-electron chi connectivity index (χ3n) is 0.483. The summed E-state index contributed by atoms with van der Waals surface area (Å²) >= 11 is 1.68. The van der Waals surface area contributed by atoms with E-state index in [0.29, 0.717) is 0 Å². The lowest BCUT2D eigenvalue weighted by Crippen LogP contribution is -1.79. The van der Waals surface area contributed by atoms with Crippen LogP contribution in [0.2, 0.25) is 0 Å². The standard InChI is InChI=1S/C3H4NPS/c5-3-4-1-2-6-3/h1-2H,5H2/p+1. The fourth-order valence-electron chi connectivity index (χ4n) is 0.253. The van der Waals surface area contributed by atoms with Crippen LogP contribution in [0.25, 0.3) is 0 Å². The lowest BCUT2D eigenvalue weighted by atomic mass is 11.0. The first-order chi connectivity index (χ1) is 2.89. The van der Waals surface area contributed by atoms with E-state index in [0.717, 1.165) is 4.75 Å². The molecule has 0 bridgehead atoms. The van der Waals surface area contributed by atoms with E-state index in [-0.39, 0.29) is 0 Å². The normalized spacial score (nSPS) is 9.33. The first kappa shape index (κ1) is 4.23. The van der Waals surface area contributed by atoms with E-state index in [4.69, 9.17) is 0 Å². The minimum absolute atomic E-state index is 1.16. The van der Waals surface area contributed by atoms with Crippen molar-refractivity contribution in [2.24, 2.45) is 0 Å². The van der Waals surface area contributed by atoms with Crippen LogP contribution in [0.5, 0.6) is 0 Å². The van der Waals surface area contributed by atoms with E-state index >= 15 is 0 Å². The van der Waals surface area contributed by atoms with Gasteiger partial charge in [-0.2, -0.15) is 0 Å². The molecule has 6 heavy (non-hydrogen) atoms. The van der Waals surface area contributed by atoms with Crippen LogP contribution in [0, 0.1) is 0 Å². The van der Waals surface area contributed by atoms with Gasteiger partial charge in [0.1, 0.15) is 0 Å². The Hall–Kier alpha value is 0.0600. The second kappa shape index (κ2) is 1.67. The molecule has 1 atom stereocenters. The summed E-state index contributed by atoms with van der Waals surface area (Å²) in [5, 5.41) is 1.97. The van der Waals surface area contributed by atoms with Gasteiger partial charge >= 0.3 is 0 Å². The average molecular weight is 118 g/mol. The molecule has 32 valence electrons. The molecule has 0 spiro atoms. The predicted molar refractivity (Wildman–Crippen MR) is 32.9 cm³/mol. The molecule has 0 amide bonds. The van der Waals surface area contributed by atoms with Gasteiger partial charge in [0.15, 0.2) is 0 Å². The van der Waals surface area contributed by atoms with E-state index in [1.165, 1.54) is 0 Å². The number of thiazole rings is 1. The highest BCUT2D eigenvalue weighted by molar-refractivity contribution is 7.42. The zero-order valence-electron chi connectivity index (χ0n) is 3.22. The van der Waals surface area contributed by atoms with Gasteiger partial charge in [0, 0.05) is 20.8 Å². The van der Waals surface area contributed by atoms with Crippen LogP contribution in [0.1, 0.15) is 0 Å². The number of rotatable bonds is 0. The summed E-state index contributed by atoms with van der Waals surface area (Å²) < 4.78 is 1.16. The fraction of sp³-hybridized carbons (Fsp3) is 0. The molecule has 1 nitrogen and oxygen atoms in total. The highest BCUT2D eigenvalue weighted by Gasteiger charge is 1.83. The van der Waals surface area contributed by atoms with E-state index in [9.17, 15) is 0 Å². The molecule has 0 radical (unpaired) electrons. The van der Waals surface area contributed by atoms with E-state index in [1.807, 2.05) is 20.8 Å². The summed E-state index contributed by atoms with van der Waals surface area (Å²) in [6.07, 6.45) is 1.81. The van der Waals surface area contributed by atoms with Crippen LogP contribution in [0.15, 0.2) is 11.6 Å². The first-order valence-corrected chi connectivity index (χ1v) is 3.20. The Morgan fingerprint density at radius 2 is 2.67 bits per heavy atom. The molecule has 0 aliphatic heterocycles. The molecule has 0 saturated heterocycles. The number of hydrogen-bond donors (Lipinski definition) is 0. The van der Waals surface area contributed by atoms with Crippen LogP contribution in [0.4, 0.5) is 0 Å². The quantitative estimate of drug-likeness (QED) is 0.449. The molecule has 0 N–H and O–H groups in total. The zero-order valence-corrected chi connectivity index (χ0v) is 5.45. The second-order valence-corrected chi connectivity index (χ2v) is 3.09. The summed E-state index contributed by atoms with van der Waals surface area (Å²) in [5.74, 6) is 0. The Labute approximate surface area is 42.6 Å². The molecule has 0 aromatic carbocycles. The van der Waals surface area contributed by atoms with Gasteiger partial charge < -0.3 is 0 Å². The summed E-state index contributed by atoms with van der Waals surface area (Å²) in [7, 11) is 1.81.